The van der Waals surface area contributed by atoms with Gasteiger partial charge in [-0.05, 0) is 32.8 Å². The number of carbonyl (C=O) groups excluding carboxylic acids is 1. The number of nitrogens with one attached hydrogen (secondary N) is 1. The molecule has 0 aliphatic rings. The number of aliphatic carboxylic acids is 1. The van der Waals surface area contributed by atoms with Crippen molar-refractivity contribution >= 4 is 12.1 Å². The van der Waals surface area contributed by atoms with Crippen LogP contribution in [0.3, 0.4) is 0 Å². The lowest BCUT2D eigenvalue weighted by atomic mass is 10.0. The van der Waals surface area contributed by atoms with Crippen LogP contribution < -0.4 is 5.32 Å². The van der Waals surface area contributed by atoms with Crippen LogP contribution in [0.5, 0.6) is 0 Å². The summed E-state index contributed by atoms with van der Waals surface area (Å²) in [5.41, 5.74) is 0.276. The fourth-order valence-corrected chi connectivity index (χ4v) is 1.73. The van der Waals surface area contributed by atoms with Gasteiger partial charge in [0.05, 0.1) is 6.04 Å². The monoisotopic (exact) mass is 279 g/mol. The van der Waals surface area contributed by atoms with Crippen LogP contribution in [0.1, 0.15) is 45.2 Å². The first-order chi connectivity index (χ1) is 9.28. The Kier molecular flexibility index (Phi) is 5.55. The molecule has 0 aromatic heterocycles. The molecule has 1 aromatic carbocycles. The number of amides is 1. The van der Waals surface area contributed by atoms with E-state index in [1.165, 1.54) is 0 Å². The first-order valence-electron chi connectivity index (χ1n) is 6.54. The fourth-order valence-electron chi connectivity index (χ4n) is 1.73. The Morgan fingerprint density at radius 1 is 1.25 bits per heavy atom. The van der Waals surface area contributed by atoms with Crippen LogP contribution in [0, 0.1) is 0 Å². The Morgan fingerprint density at radius 3 is 2.35 bits per heavy atom. The number of carboxylic acids is 1. The number of ether oxygens (including phenoxy) is 1. The van der Waals surface area contributed by atoms with E-state index in [0.717, 1.165) is 5.56 Å². The minimum Gasteiger partial charge on any atom is -0.481 e. The molecule has 110 valence electrons. The van der Waals surface area contributed by atoms with Gasteiger partial charge in [0.15, 0.2) is 0 Å². The molecule has 0 fully saturated rings. The third-order valence-electron chi connectivity index (χ3n) is 2.54. The number of benzene rings is 1. The van der Waals surface area contributed by atoms with Crippen molar-refractivity contribution in [3.05, 3.63) is 35.9 Å². The lowest BCUT2D eigenvalue weighted by molar-refractivity contribution is -0.137. The van der Waals surface area contributed by atoms with Gasteiger partial charge in [-0.3, -0.25) is 4.79 Å². The molecular weight excluding hydrogens is 258 g/mol. The normalized spacial score (nSPS) is 12.6. The highest BCUT2D eigenvalue weighted by Gasteiger charge is 2.20. The Morgan fingerprint density at radius 2 is 1.85 bits per heavy atom. The third kappa shape index (κ3) is 6.22. The van der Waals surface area contributed by atoms with E-state index >= 15 is 0 Å². The summed E-state index contributed by atoms with van der Waals surface area (Å²) in [5.74, 6) is -0.892. The summed E-state index contributed by atoms with van der Waals surface area (Å²) in [5, 5.41) is 11.5. The lowest BCUT2D eigenvalue weighted by Gasteiger charge is -2.23. The number of hydrogen-bond acceptors (Lipinski definition) is 3. The van der Waals surface area contributed by atoms with Crippen LogP contribution in [-0.4, -0.2) is 22.8 Å². The molecule has 0 saturated heterocycles. The molecule has 1 atom stereocenters. The first-order valence-corrected chi connectivity index (χ1v) is 6.54. The second-order valence-corrected chi connectivity index (χ2v) is 5.54. The Labute approximate surface area is 118 Å². The predicted octanol–water partition coefficient (Wildman–Crippen LogP) is 3.12. The van der Waals surface area contributed by atoms with E-state index in [1.54, 1.807) is 20.8 Å². The molecule has 1 aromatic rings. The largest absolute Gasteiger partial charge is 0.481 e. The van der Waals surface area contributed by atoms with Crippen LogP contribution in [0.25, 0.3) is 0 Å². The zero-order valence-electron chi connectivity index (χ0n) is 12.1. The van der Waals surface area contributed by atoms with E-state index in [4.69, 9.17) is 9.84 Å². The second kappa shape index (κ2) is 6.93. The van der Waals surface area contributed by atoms with Gasteiger partial charge < -0.3 is 15.2 Å². The summed E-state index contributed by atoms with van der Waals surface area (Å²) >= 11 is 0. The highest BCUT2D eigenvalue weighted by molar-refractivity contribution is 5.69. The number of carbonyl (C=O) groups is 2. The Balaban J connectivity index is 2.73. The second-order valence-electron chi connectivity index (χ2n) is 5.54. The van der Waals surface area contributed by atoms with E-state index in [0.29, 0.717) is 6.42 Å². The summed E-state index contributed by atoms with van der Waals surface area (Å²) < 4.78 is 5.20. The molecule has 0 heterocycles. The smallest absolute Gasteiger partial charge is 0.408 e. The van der Waals surface area contributed by atoms with Gasteiger partial charge in [0.25, 0.3) is 0 Å². The van der Waals surface area contributed by atoms with E-state index in [-0.39, 0.29) is 12.5 Å². The zero-order chi connectivity index (χ0) is 15.2. The lowest BCUT2D eigenvalue weighted by Crippen LogP contribution is -2.35. The molecule has 0 radical (unpaired) electrons. The van der Waals surface area contributed by atoms with Crippen LogP contribution >= 0.6 is 0 Å². The van der Waals surface area contributed by atoms with Crippen molar-refractivity contribution < 1.29 is 19.4 Å². The number of hydrogen-bond donors (Lipinski definition) is 2. The van der Waals surface area contributed by atoms with Crippen molar-refractivity contribution in [1.82, 2.24) is 5.32 Å². The van der Waals surface area contributed by atoms with Gasteiger partial charge in [0.1, 0.15) is 5.60 Å². The molecule has 0 unspecified atom stereocenters. The van der Waals surface area contributed by atoms with Gasteiger partial charge >= 0.3 is 12.1 Å². The van der Waals surface area contributed by atoms with Crippen molar-refractivity contribution in [3.8, 4) is 0 Å². The van der Waals surface area contributed by atoms with Gasteiger partial charge in [-0.15, -0.1) is 0 Å². The van der Waals surface area contributed by atoms with Crippen molar-refractivity contribution in [2.75, 3.05) is 0 Å². The van der Waals surface area contributed by atoms with E-state index in [1.807, 2.05) is 30.3 Å². The van der Waals surface area contributed by atoms with Gasteiger partial charge in [0.2, 0.25) is 0 Å². The van der Waals surface area contributed by atoms with Gasteiger partial charge in [-0.1, -0.05) is 30.3 Å². The average Bonchev–Trinajstić information content (AvgIpc) is 2.33. The average molecular weight is 279 g/mol. The maximum Gasteiger partial charge on any atom is 0.408 e. The van der Waals surface area contributed by atoms with Crippen LogP contribution in [-0.2, 0) is 9.53 Å². The number of alkyl carbamates (subject to hydrolysis) is 1. The first kappa shape index (κ1) is 16.0. The van der Waals surface area contributed by atoms with Crippen LogP contribution in [0.2, 0.25) is 0 Å². The summed E-state index contributed by atoms with van der Waals surface area (Å²) in [6, 6.07) is 8.89. The third-order valence-corrected chi connectivity index (χ3v) is 2.54. The SMILES string of the molecule is CC(C)(C)OC(=O)N[C@@H](CCC(=O)O)c1ccccc1. The standard InChI is InChI=1S/C15H21NO4/c1-15(2,3)20-14(19)16-12(9-10-13(17)18)11-7-5-4-6-8-11/h4-8,12H,9-10H2,1-3H3,(H,16,19)(H,17,18)/t12-/m0/s1. The van der Waals surface area contributed by atoms with Crippen LogP contribution in [0.4, 0.5) is 4.79 Å². The van der Waals surface area contributed by atoms with Crippen molar-refractivity contribution in [1.29, 1.82) is 0 Å². The summed E-state index contributed by atoms with van der Waals surface area (Å²) in [4.78, 5) is 22.5. The van der Waals surface area contributed by atoms with Gasteiger partial charge in [-0.25, -0.2) is 4.79 Å². The molecule has 0 spiro atoms. The molecule has 2 N–H and O–H groups in total. The summed E-state index contributed by atoms with van der Waals surface area (Å²) in [6.45, 7) is 5.34. The van der Waals surface area contributed by atoms with Gasteiger partial charge in [0, 0.05) is 6.42 Å². The molecule has 1 rings (SSSR count). The molecule has 0 aliphatic carbocycles. The number of carboxylic acid groups (broad SMARTS) is 1. The minimum absolute atomic E-state index is 0.0185. The molecular formula is C15H21NO4. The molecule has 0 saturated carbocycles. The van der Waals surface area contributed by atoms with Crippen molar-refractivity contribution in [3.63, 3.8) is 0 Å². The number of rotatable bonds is 5. The van der Waals surface area contributed by atoms with Crippen molar-refractivity contribution in [2.45, 2.75) is 45.3 Å². The topological polar surface area (TPSA) is 75.6 Å². The summed E-state index contributed by atoms with van der Waals surface area (Å²) in [6.07, 6.45) is -0.245. The Hall–Kier alpha value is -2.04. The van der Waals surface area contributed by atoms with Gasteiger partial charge in [-0.2, -0.15) is 0 Å². The maximum atomic E-state index is 11.8. The molecule has 5 heteroatoms. The fraction of sp³-hybridized carbons (Fsp3) is 0.467. The molecule has 1 amide bonds. The molecule has 20 heavy (non-hydrogen) atoms. The van der Waals surface area contributed by atoms with Crippen molar-refractivity contribution in [2.24, 2.45) is 0 Å². The van der Waals surface area contributed by atoms with E-state index in [2.05, 4.69) is 5.32 Å². The maximum absolute atomic E-state index is 11.8. The highest BCUT2D eigenvalue weighted by atomic mass is 16.6. The minimum atomic E-state index is -0.892. The molecule has 0 bridgehead atoms. The van der Waals surface area contributed by atoms with E-state index in [9.17, 15) is 9.59 Å². The predicted molar refractivity (Wildman–Crippen MR) is 75.4 cm³/mol. The molecule has 5 nitrogen and oxygen atoms in total. The molecule has 0 aliphatic heterocycles. The zero-order valence-corrected chi connectivity index (χ0v) is 12.1. The highest BCUT2D eigenvalue weighted by Crippen LogP contribution is 2.19. The quantitative estimate of drug-likeness (QED) is 0.868. The van der Waals surface area contributed by atoms with Crippen LogP contribution in [0.15, 0.2) is 30.3 Å². The summed E-state index contributed by atoms with van der Waals surface area (Å²) in [7, 11) is 0. The van der Waals surface area contributed by atoms with E-state index < -0.39 is 17.7 Å². The Bertz CT molecular complexity index is 451.